The van der Waals surface area contributed by atoms with Crippen molar-refractivity contribution in [2.75, 3.05) is 0 Å². The molecule has 0 spiro atoms. The number of hydrogen-bond donors (Lipinski definition) is 1. The third-order valence-electron chi connectivity index (χ3n) is 3.70. The summed E-state index contributed by atoms with van der Waals surface area (Å²) in [6.07, 6.45) is 5.69. The minimum absolute atomic E-state index is 0.531. The minimum atomic E-state index is 0.531. The molecule has 1 heteroatoms. The van der Waals surface area contributed by atoms with Crippen molar-refractivity contribution in [2.24, 2.45) is 11.3 Å². The lowest BCUT2D eigenvalue weighted by molar-refractivity contribution is 0.158. The average molecular weight is 167 g/mol. The van der Waals surface area contributed by atoms with Gasteiger partial charge in [-0.3, -0.25) is 0 Å². The van der Waals surface area contributed by atoms with Crippen molar-refractivity contribution < 1.29 is 0 Å². The van der Waals surface area contributed by atoms with Gasteiger partial charge in [-0.15, -0.1) is 0 Å². The minimum Gasteiger partial charge on any atom is -0.311 e. The van der Waals surface area contributed by atoms with Crippen LogP contribution in [0.15, 0.2) is 0 Å². The van der Waals surface area contributed by atoms with Crippen LogP contribution in [0, 0.1) is 11.3 Å². The first-order valence-corrected chi connectivity index (χ1v) is 5.32. The molecule has 2 saturated heterocycles. The molecular weight excluding hydrogens is 146 g/mol. The Labute approximate surface area is 75.9 Å². The van der Waals surface area contributed by atoms with E-state index in [0.717, 1.165) is 18.0 Å². The van der Waals surface area contributed by atoms with Crippen molar-refractivity contribution in [1.82, 2.24) is 5.32 Å². The van der Waals surface area contributed by atoms with Gasteiger partial charge in [0.25, 0.3) is 0 Å². The molecule has 2 bridgehead atoms. The molecule has 3 atom stereocenters. The van der Waals surface area contributed by atoms with Crippen LogP contribution in [0.3, 0.4) is 0 Å². The van der Waals surface area contributed by atoms with Gasteiger partial charge in [-0.05, 0) is 37.0 Å². The second-order valence-corrected chi connectivity index (χ2v) is 5.67. The first-order chi connectivity index (χ1) is 5.55. The Balaban J connectivity index is 2.03. The molecule has 0 radical (unpaired) electrons. The van der Waals surface area contributed by atoms with Crippen LogP contribution in [-0.2, 0) is 0 Å². The molecule has 0 amide bonds. The Morgan fingerprint density at radius 3 is 1.92 bits per heavy atom. The van der Waals surface area contributed by atoms with Crippen molar-refractivity contribution in [3.63, 3.8) is 0 Å². The predicted octanol–water partition coefficient (Wildman–Crippen LogP) is 2.56. The van der Waals surface area contributed by atoms with Gasteiger partial charge in [0.2, 0.25) is 0 Å². The zero-order valence-corrected chi connectivity index (χ0v) is 8.56. The van der Waals surface area contributed by atoms with Crippen LogP contribution < -0.4 is 5.32 Å². The Kier molecular flexibility index (Phi) is 1.95. The maximum atomic E-state index is 3.69. The van der Waals surface area contributed by atoms with E-state index in [4.69, 9.17) is 0 Å². The van der Waals surface area contributed by atoms with Crippen molar-refractivity contribution in [2.45, 2.75) is 58.5 Å². The molecule has 2 aliphatic heterocycles. The highest BCUT2D eigenvalue weighted by Crippen LogP contribution is 2.40. The van der Waals surface area contributed by atoms with Crippen LogP contribution in [0.25, 0.3) is 0 Å². The highest BCUT2D eigenvalue weighted by molar-refractivity contribution is 4.95. The van der Waals surface area contributed by atoms with Gasteiger partial charge in [0.1, 0.15) is 0 Å². The van der Waals surface area contributed by atoms with Crippen LogP contribution in [0.5, 0.6) is 0 Å². The summed E-state index contributed by atoms with van der Waals surface area (Å²) in [6, 6.07) is 1.71. The molecule has 2 rings (SSSR count). The number of rotatable bonds is 0. The van der Waals surface area contributed by atoms with E-state index in [2.05, 4.69) is 26.1 Å². The number of piperidine rings is 1. The highest BCUT2D eigenvalue weighted by atomic mass is 15.0. The fourth-order valence-corrected chi connectivity index (χ4v) is 2.76. The third kappa shape index (κ3) is 1.52. The molecule has 1 nitrogen and oxygen atoms in total. The van der Waals surface area contributed by atoms with Gasteiger partial charge in [0.15, 0.2) is 0 Å². The maximum absolute atomic E-state index is 3.69. The van der Waals surface area contributed by atoms with E-state index in [1.54, 1.807) is 0 Å². The first-order valence-electron chi connectivity index (χ1n) is 5.32. The van der Waals surface area contributed by atoms with Gasteiger partial charge in [0, 0.05) is 12.1 Å². The molecule has 2 heterocycles. The van der Waals surface area contributed by atoms with Gasteiger partial charge in [-0.2, -0.15) is 0 Å². The third-order valence-corrected chi connectivity index (χ3v) is 3.70. The molecule has 12 heavy (non-hydrogen) atoms. The van der Waals surface area contributed by atoms with Crippen LogP contribution in [0.1, 0.15) is 46.5 Å². The summed E-state index contributed by atoms with van der Waals surface area (Å²) in [7, 11) is 0. The van der Waals surface area contributed by atoms with Crippen LogP contribution >= 0.6 is 0 Å². The molecule has 0 aromatic heterocycles. The van der Waals surface area contributed by atoms with E-state index in [-0.39, 0.29) is 0 Å². The molecule has 0 saturated carbocycles. The largest absolute Gasteiger partial charge is 0.311 e. The second-order valence-electron chi connectivity index (χ2n) is 5.67. The average Bonchev–Trinajstić information content (AvgIpc) is 2.28. The summed E-state index contributed by atoms with van der Waals surface area (Å²) in [5.74, 6) is 0.955. The summed E-state index contributed by atoms with van der Waals surface area (Å²) < 4.78 is 0. The number of nitrogens with one attached hydrogen (secondary N) is 1. The SMILES string of the molecule is CC(C)(C)C1C[C@H]2CC[C@@H](C1)N2. The smallest absolute Gasteiger partial charge is 0.00730 e. The van der Waals surface area contributed by atoms with E-state index < -0.39 is 0 Å². The van der Waals surface area contributed by atoms with E-state index >= 15 is 0 Å². The molecule has 0 aromatic rings. The lowest BCUT2D eigenvalue weighted by atomic mass is 9.73. The van der Waals surface area contributed by atoms with Crippen LogP contribution in [-0.4, -0.2) is 12.1 Å². The molecule has 2 fully saturated rings. The monoisotopic (exact) mass is 167 g/mol. The van der Waals surface area contributed by atoms with E-state index in [9.17, 15) is 0 Å². The Hall–Kier alpha value is -0.0400. The second kappa shape index (κ2) is 2.73. The van der Waals surface area contributed by atoms with Crippen molar-refractivity contribution in [1.29, 1.82) is 0 Å². The van der Waals surface area contributed by atoms with Gasteiger partial charge >= 0.3 is 0 Å². The molecule has 2 aliphatic rings. The Bertz CT molecular complexity index is 156. The molecule has 1 unspecified atom stereocenters. The molecule has 70 valence electrons. The predicted molar refractivity (Wildman–Crippen MR) is 52.1 cm³/mol. The summed E-state index contributed by atoms with van der Waals surface area (Å²) in [5.41, 5.74) is 0.531. The molecule has 1 N–H and O–H groups in total. The quantitative estimate of drug-likeness (QED) is 0.584. The standard InChI is InChI=1S/C11H21N/c1-11(2,3)8-6-9-4-5-10(7-8)12-9/h8-10,12H,4-7H2,1-3H3/t8?,9-,10+. The summed E-state index contributed by atoms with van der Waals surface area (Å²) in [4.78, 5) is 0. The zero-order valence-electron chi connectivity index (χ0n) is 8.56. The van der Waals surface area contributed by atoms with Crippen molar-refractivity contribution in [3.8, 4) is 0 Å². The normalized spacial score (nSPS) is 41.8. The van der Waals surface area contributed by atoms with E-state index in [1.165, 1.54) is 25.7 Å². The van der Waals surface area contributed by atoms with Crippen LogP contribution in [0.2, 0.25) is 0 Å². The summed E-state index contributed by atoms with van der Waals surface area (Å²) >= 11 is 0. The molecule has 0 aromatic carbocycles. The lowest BCUT2D eigenvalue weighted by Crippen LogP contribution is -2.41. The lowest BCUT2D eigenvalue weighted by Gasteiger charge is -2.37. The van der Waals surface area contributed by atoms with Crippen molar-refractivity contribution in [3.05, 3.63) is 0 Å². The number of fused-ring (bicyclic) bond motifs is 2. The maximum Gasteiger partial charge on any atom is 0.00730 e. The van der Waals surface area contributed by atoms with Gasteiger partial charge < -0.3 is 5.32 Å². The van der Waals surface area contributed by atoms with Gasteiger partial charge in [-0.25, -0.2) is 0 Å². The summed E-state index contributed by atoms with van der Waals surface area (Å²) in [6.45, 7) is 7.17. The Morgan fingerprint density at radius 2 is 1.50 bits per heavy atom. The zero-order chi connectivity index (χ0) is 8.77. The number of hydrogen-bond acceptors (Lipinski definition) is 1. The molecular formula is C11H21N. The van der Waals surface area contributed by atoms with Crippen LogP contribution in [0.4, 0.5) is 0 Å². The van der Waals surface area contributed by atoms with Gasteiger partial charge in [-0.1, -0.05) is 20.8 Å². The van der Waals surface area contributed by atoms with Gasteiger partial charge in [0.05, 0.1) is 0 Å². The highest BCUT2D eigenvalue weighted by Gasteiger charge is 2.38. The van der Waals surface area contributed by atoms with E-state index in [1.807, 2.05) is 0 Å². The first kappa shape index (κ1) is 8.55. The van der Waals surface area contributed by atoms with E-state index in [0.29, 0.717) is 5.41 Å². The van der Waals surface area contributed by atoms with Crippen molar-refractivity contribution >= 4 is 0 Å². The summed E-state index contributed by atoms with van der Waals surface area (Å²) in [5, 5.41) is 3.69. The topological polar surface area (TPSA) is 12.0 Å². The molecule has 0 aliphatic carbocycles. The fourth-order valence-electron chi connectivity index (χ4n) is 2.76. The fraction of sp³-hybridized carbons (Fsp3) is 1.00. The Morgan fingerprint density at radius 1 is 1.00 bits per heavy atom.